The first-order valence-corrected chi connectivity index (χ1v) is 27.9. The Hall–Kier alpha value is -10.9. The normalized spacial score (nSPS) is 17.9. The number of ether oxygens (including phenoxy) is 1. The van der Waals surface area contributed by atoms with E-state index in [0.717, 1.165) is 6.20 Å². The lowest BCUT2D eigenvalue weighted by Crippen LogP contribution is -2.74. The van der Waals surface area contributed by atoms with Gasteiger partial charge in [-0.05, 0) is 126 Å². The van der Waals surface area contributed by atoms with Crippen molar-refractivity contribution in [1.29, 1.82) is 0 Å². The summed E-state index contributed by atoms with van der Waals surface area (Å²) in [5.41, 5.74) is -4.10. The van der Waals surface area contributed by atoms with Gasteiger partial charge in [0.05, 0.1) is 74.4 Å². The summed E-state index contributed by atoms with van der Waals surface area (Å²) < 4.78 is 351. The average Bonchev–Trinajstić information content (AvgIpc) is 0.738. The van der Waals surface area contributed by atoms with Gasteiger partial charge in [-0.2, -0.15) is 0 Å². The monoisotopic (exact) mass is 1140 g/mol. The molecule has 0 bridgehead atoms. The molecule has 0 saturated carbocycles. The minimum atomic E-state index is -6.56. The van der Waals surface area contributed by atoms with Gasteiger partial charge in [-0.15, -0.1) is 0 Å². The quantitative estimate of drug-likeness (QED) is 0.0854. The van der Waals surface area contributed by atoms with Crippen LogP contribution < -0.4 is 25.5 Å². The maximum atomic E-state index is 10.9. The molecule has 0 spiro atoms. The van der Waals surface area contributed by atoms with E-state index in [-0.39, 0.29) is 61.9 Å². The van der Waals surface area contributed by atoms with Gasteiger partial charge in [-0.25, -0.2) is 9.97 Å². The van der Waals surface area contributed by atoms with Crippen molar-refractivity contribution in [3.8, 4) is 78.6 Å². The van der Waals surface area contributed by atoms with Crippen molar-refractivity contribution in [2.75, 3.05) is 0 Å². The fourth-order valence-electron chi connectivity index (χ4n) is 10.7. The molecule has 5 nitrogen and oxygen atoms in total. The van der Waals surface area contributed by atoms with E-state index < -0.39 is 274 Å². The summed E-state index contributed by atoms with van der Waals surface area (Å²) in [7, 11) is -6.56. The van der Waals surface area contributed by atoms with Crippen molar-refractivity contribution < 1.29 is 55.5 Å². The third-order valence-corrected chi connectivity index (χ3v) is 18.3. The van der Waals surface area contributed by atoms with Gasteiger partial charge in [0.25, 0.3) is 0 Å². The molecule has 0 atom stereocenters. The number of nitrogens with zero attached hydrogens (tertiary/aromatic N) is 4. The highest BCUT2D eigenvalue weighted by Crippen LogP contribution is 2.45. The van der Waals surface area contributed by atoms with E-state index in [1.807, 2.05) is 6.07 Å². The molecule has 0 fully saturated rings. The lowest BCUT2D eigenvalue weighted by atomic mass is 9.86. The number of hydrogen-bond donors (Lipinski definition) is 0. The Morgan fingerprint density at radius 1 is 0.412 bits per heavy atom. The smallest absolute Gasteiger partial charge is 0.179 e. The Balaban J connectivity index is 1.03. The van der Waals surface area contributed by atoms with Gasteiger partial charge in [0.2, 0.25) is 0 Å². The minimum Gasteiger partial charge on any atom is -0.457 e. The molecule has 0 aliphatic heterocycles. The van der Waals surface area contributed by atoms with E-state index in [4.69, 9.17) is 33.0 Å². The van der Waals surface area contributed by atoms with Crippen molar-refractivity contribution >= 4 is 61.7 Å². The number of para-hydroxylation sites is 1. The number of pyridine rings is 1. The van der Waals surface area contributed by atoms with Crippen molar-refractivity contribution in [2.45, 2.75) is 6.85 Å². The summed E-state index contributed by atoms with van der Waals surface area (Å²) in [5, 5.41) is -3.38. The van der Waals surface area contributed by atoms with Gasteiger partial charge in [0.15, 0.2) is 8.07 Å². The summed E-state index contributed by atoms with van der Waals surface area (Å²) >= 11 is 0. The van der Waals surface area contributed by atoms with Crippen LogP contribution in [0, 0.1) is 6.85 Å². The molecule has 0 radical (unpaired) electrons. The lowest BCUT2D eigenvalue weighted by molar-refractivity contribution is 0.483. The van der Waals surface area contributed by atoms with Crippen LogP contribution >= 0.6 is 0 Å². The molecule has 12 aromatic carbocycles. The van der Waals surface area contributed by atoms with E-state index in [9.17, 15) is 27.4 Å². The van der Waals surface area contributed by atoms with Crippen LogP contribution in [0.15, 0.2) is 321 Å². The van der Waals surface area contributed by atoms with Crippen LogP contribution in [0.5, 0.6) is 11.5 Å². The van der Waals surface area contributed by atoms with E-state index in [1.54, 1.807) is 59.2 Å². The summed E-state index contributed by atoms with van der Waals surface area (Å²) in [6, 6.07) is -9.70. The second-order valence-electron chi connectivity index (χ2n) is 19.0. The molecule has 3 aromatic heterocycles. The molecular weight excluding hydrogens is 1050 g/mol. The zero-order chi connectivity index (χ0) is 88.8. The molecule has 0 amide bonds. The fraction of sp³-hybridized carbons (Fsp3) is 0.0127. The largest absolute Gasteiger partial charge is 0.457 e. The van der Waals surface area contributed by atoms with Gasteiger partial charge in [0, 0.05) is 44.3 Å². The Morgan fingerprint density at radius 3 is 1.65 bits per heavy atom. The van der Waals surface area contributed by atoms with Gasteiger partial charge < -0.3 is 4.74 Å². The predicted octanol–water partition coefficient (Wildman–Crippen LogP) is 17.3. The zero-order valence-electron chi connectivity index (χ0n) is 80.7. The molecule has 0 N–H and O–H groups in total. The summed E-state index contributed by atoms with van der Waals surface area (Å²) in [4.78, 5) is 9.59. The molecule has 0 aliphatic carbocycles. The van der Waals surface area contributed by atoms with Crippen LogP contribution in [-0.4, -0.2) is 27.2 Å². The summed E-state index contributed by atoms with van der Waals surface area (Å²) in [6.07, 6.45) is 2.40. The van der Waals surface area contributed by atoms with Crippen molar-refractivity contribution in [2.24, 2.45) is 0 Å². The third kappa shape index (κ3) is 9.13. The van der Waals surface area contributed by atoms with E-state index in [1.165, 1.54) is 53.4 Å². The molecule has 0 unspecified atom stereocenters. The van der Waals surface area contributed by atoms with E-state index in [2.05, 4.69) is 4.98 Å². The Bertz CT molecular complexity index is 6840. The first kappa shape index (κ1) is 25.3. The van der Waals surface area contributed by atoms with Crippen molar-refractivity contribution in [1.82, 2.24) is 19.1 Å². The van der Waals surface area contributed by atoms with Crippen LogP contribution in [0.3, 0.4) is 0 Å². The van der Waals surface area contributed by atoms with E-state index in [0.29, 0.717) is 21.8 Å². The summed E-state index contributed by atoms with van der Waals surface area (Å²) in [6.45, 7) is -2.94. The Kier molecular flexibility index (Phi) is 6.47. The Labute approximate surface area is 547 Å². The number of benzene rings is 12. The molecule has 6 heteroatoms. The second-order valence-corrected chi connectivity index (χ2v) is 22.5. The third-order valence-electron chi connectivity index (χ3n) is 14.3. The number of aryl methyl sites for hydroxylation is 1. The minimum absolute atomic E-state index is 0.0435. The Morgan fingerprint density at radius 2 is 0.976 bits per heavy atom. The number of rotatable bonds is 13. The second kappa shape index (κ2) is 21.8. The molecule has 85 heavy (non-hydrogen) atoms. The van der Waals surface area contributed by atoms with Crippen LogP contribution in [0.25, 0.3) is 100.0 Å². The molecule has 402 valence electrons. The van der Waals surface area contributed by atoms with Crippen LogP contribution in [0.2, 0.25) is 0 Å². The number of aromatic nitrogens is 4. The predicted molar refractivity (Wildman–Crippen MR) is 355 cm³/mol. The van der Waals surface area contributed by atoms with Crippen LogP contribution in [-0.2, 0) is 0 Å². The number of hydrogen-bond acceptors (Lipinski definition) is 3. The molecule has 0 saturated heterocycles. The maximum Gasteiger partial charge on any atom is 0.179 e. The first-order valence-electron chi connectivity index (χ1n) is 44.4. The molecule has 15 aromatic rings. The molecule has 3 heterocycles. The van der Waals surface area contributed by atoms with Crippen LogP contribution in [0.1, 0.15) is 56.3 Å². The maximum absolute atomic E-state index is 10.9. The highest BCUT2D eigenvalue weighted by Gasteiger charge is 2.41. The zero-order valence-corrected chi connectivity index (χ0v) is 44.7. The van der Waals surface area contributed by atoms with Crippen molar-refractivity contribution in [3.63, 3.8) is 0 Å². The van der Waals surface area contributed by atoms with Crippen molar-refractivity contribution in [3.05, 3.63) is 327 Å². The summed E-state index contributed by atoms with van der Waals surface area (Å²) in [5.74, 6) is 0.314. The average molecular weight is 1140 g/mol. The molecular formula is C79H56N4OSi. The first-order chi connectivity index (χ1) is 57.4. The highest BCUT2D eigenvalue weighted by molar-refractivity contribution is 7.19. The number of fused-ring (bicyclic) bond motifs is 4. The van der Waals surface area contributed by atoms with Gasteiger partial charge >= 0.3 is 0 Å². The SMILES string of the molecule is [2H]c1c([2H])c([2H])c(-c2cc(-c3c(-c4c([2H])c([2H])c([2H])c([2H])c4[2H])cccc3-c3c([2H])c([2H])c([2H])c([Si](c4c([2H])c([2H])c([2H])c([2H])c4[2H])(c4c([2H])c([2H])c([2H])c([2H])c4[2H])c4c([2H])c([2H])c([2H])c([2H])c4[2H])c3[2H])c3ncn(-c4cccc(Oc5ccc6c7ccccc7n(-c7cc(C([2H])([2H])[2H])c(-c8c([2H])c([2H])c([2H])c([2H])c8[2H])cn7)c6c5)c4)c3c2)c([2H])c1[2H]. The number of imidazole rings is 1. The van der Waals surface area contributed by atoms with Gasteiger partial charge in [-0.1, -0.05) is 248 Å². The standard InChI is InChI=1S/C79H56N4OSi/c1-55-47-77(80-53-73(55)58-29-12-4-13-30-58)83-74-44-21-20-41-70(74)71-46-45-63(52-75(71)83)84-62-33-23-32-61(51-62)82-54-81-79-72(49-60(50-76(79)82)56-25-8-2-9-26-56)78-68(57-27-10-3-11-28-57)42-24-43-69(78)59-31-22-40-67(48-59)85(64-34-14-5-15-35-64,65-36-16-6-17-37-65)66-38-18-7-19-39-66/h2-54H,1H3/i1D3,2D,3D,4D,5D,6D,7D,8D,9D,10D,11D,12D,13D,14D,15D,16D,17D,18D,19D,22D,25D,26D,27D,28D,29D,30D,31D,34D,35D,36D,37D,38D,39D,40D,48D. The molecule has 15 rings (SSSR count). The lowest BCUT2D eigenvalue weighted by Gasteiger charge is -2.34. The topological polar surface area (TPSA) is 44.9 Å². The molecule has 0 aliphatic rings. The highest BCUT2D eigenvalue weighted by atomic mass is 28.3. The van der Waals surface area contributed by atoms with Crippen LogP contribution in [0.4, 0.5) is 0 Å². The van der Waals surface area contributed by atoms with E-state index >= 15 is 0 Å². The van der Waals surface area contributed by atoms with Gasteiger partial charge in [0.1, 0.15) is 23.6 Å². The van der Waals surface area contributed by atoms with Gasteiger partial charge in [-0.3, -0.25) is 9.13 Å². The fourth-order valence-corrected chi connectivity index (χ4v) is 14.2.